The predicted molar refractivity (Wildman–Crippen MR) is 70.8 cm³/mol. The van der Waals surface area contributed by atoms with Gasteiger partial charge in [-0.05, 0) is 30.5 Å². The Morgan fingerprint density at radius 2 is 2.05 bits per heavy atom. The quantitative estimate of drug-likeness (QED) is 0.927. The highest BCUT2D eigenvalue weighted by Gasteiger charge is 2.24. The third kappa shape index (κ3) is 3.16. The number of fused-ring (bicyclic) bond motifs is 1. The van der Waals surface area contributed by atoms with Crippen molar-refractivity contribution in [3.8, 4) is 0 Å². The van der Waals surface area contributed by atoms with E-state index in [-0.39, 0.29) is 5.69 Å². The molecule has 1 heterocycles. The molecule has 0 aliphatic rings. The van der Waals surface area contributed by atoms with Crippen LogP contribution in [0.2, 0.25) is 0 Å². The zero-order chi connectivity index (χ0) is 14.2. The summed E-state index contributed by atoms with van der Waals surface area (Å²) < 4.78 is 25.9. The highest BCUT2D eigenvalue weighted by Crippen LogP contribution is 2.20. The summed E-state index contributed by atoms with van der Waals surface area (Å²) >= 11 is 0. The van der Waals surface area contributed by atoms with Gasteiger partial charge in [0.05, 0.1) is 17.5 Å². The lowest BCUT2D eigenvalue weighted by Gasteiger charge is -2.10. The average molecular weight is 266 g/mol. The smallest absolute Gasteiger partial charge is 0.270 e. The fraction of sp³-hybridized carbons (Fsp3) is 0.429. The van der Waals surface area contributed by atoms with E-state index in [0.29, 0.717) is 17.0 Å². The summed E-state index contributed by atoms with van der Waals surface area (Å²) in [4.78, 5) is 18.4. The molecule has 2 rings (SSSR count). The van der Waals surface area contributed by atoms with Gasteiger partial charge in [-0.15, -0.1) is 0 Å². The largest absolute Gasteiger partial charge is 0.319 e. The van der Waals surface area contributed by atoms with Crippen LogP contribution in [0.1, 0.15) is 37.9 Å². The van der Waals surface area contributed by atoms with Crippen LogP contribution < -0.4 is 5.56 Å². The predicted octanol–water partition coefficient (Wildman–Crippen LogP) is 3.24. The molecule has 0 aliphatic heterocycles. The van der Waals surface area contributed by atoms with Crippen LogP contribution in [0.15, 0.2) is 23.0 Å². The van der Waals surface area contributed by atoms with Crippen molar-refractivity contribution < 1.29 is 8.78 Å². The van der Waals surface area contributed by atoms with Gasteiger partial charge in [0.25, 0.3) is 11.5 Å². The normalized spacial score (nSPS) is 12.3. The van der Waals surface area contributed by atoms with Crippen molar-refractivity contribution in [3.05, 3.63) is 39.8 Å². The second-order valence-electron chi connectivity index (χ2n) is 5.19. The van der Waals surface area contributed by atoms with E-state index >= 15 is 0 Å². The lowest BCUT2D eigenvalue weighted by Crippen LogP contribution is -2.23. The van der Waals surface area contributed by atoms with Crippen LogP contribution in [-0.4, -0.2) is 15.9 Å². The lowest BCUT2D eigenvalue weighted by atomic mass is 10.0. The number of hydrogen-bond acceptors (Lipinski definition) is 2. The Kier molecular flexibility index (Phi) is 3.39. The Bertz CT molecular complexity index is 657. The van der Waals surface area contributed by atoms with Gasteiger partial charge in [-0.3, -0.25) is 4.79 Å². The molecule has 0 saturated heterocycles. The number of aromatic amines is 1. The topological polar surface area (TPSA) is 45.8 Å². The van der Waals surface area contributed by atoms with Crippen molar-refractivity contribution >= 4 is 11.0 Å². The van der Waals surface area contributed by atoms with Gasteiger partial charge in [-0.25, -0.2) is 13.8 Å². The van der Waals surface area contributed by atoms with E-state index in [1.807, 2.05) is 26.0 Å². The molecule has 3 nitrogen and oxygen atoms in total. The molecule has 102 valence electrons. The molecule has 0 spiro atoms. The van der Waals surface area contributed by atoms with Crippen LogP contribution in [0, 0.1) is 0 Å². The summed E-state index contributed by atoms with van der Waals surface area (Å²) in [7, 11) is 0. The number of halogens is 2. The standard InChI is InChI=1S/C14H16F2N2O/c1-8(2)9-4-5-10-11(6-9)18-13(19)12(17-10)7-14(3,15)16/h4-6,8H,7H2,1-3H3,(H,18,19). The van der Waals surface area contributed by atoms with Gasteiger partial charge in [0.15, 0.2) is 0 Å². The summed E-state index contributed by atoms with van der Waals surface area (Å²) in [5.41, 5.74) is 1.51. The Morgan fingerprint density at radius 1 is 1.37 bits per heavy atom. The first-order chi connectivity index (χ1) is 8.76. The Labute approximate surface area is 109 Å². The summed E-state index contributed by atoms with van der Waals surface area (Å²) in [6, 6.07) is 5.48. The molecule has 0 unspecified atom stereocenters. The van der Waals surface area contributed by atoms with Crippen molar-refractivity contribution in [1.29, 1.82) is 0 Å². The number of hydrogen-bond donors (Lipinski definition) is 1. The summed E-state index contributed by atoms with van der Waals surface area (Å²) in [6.45, 7) is 4.86. The molecule has 1 aromatic heterocycles. The Hall–Kier alpha value is -1.78. The highest BCUT2D eigenvalue weighted by molar-refractivity contribution is 5.75. The number of alkyl halides is 2. The number of nitrogens with one attached hydrogen (secondary N) is 1. The van der Waals surface area contributed by atoms with E-state index in [0.717, 1.165) is 12.5 Å². The zero-order valence-corrected chi connectivity index (χ0v) is 11.1. The fourth-order valence-corrected chi connectivity index (χ4v) is 1.91. The van der Waals surface area contributed by atoms with Crippen LogP contribution in [-0.2, 0) is 6.42 Å². The molecule has 1 aromatic carbocycles. The van der Waals surface area contributed by atoms with Crippen LogP contribution in [0.4, 0.5) is 8.78 Å². The van der Waals surface area contributed by atoms with Crippen LogP contribution in [0.3, 0.4) is 0 Å². The third-order valence-corrected chi connectivity index (χ3v) is 2.93. The molecule has 1 N–H and O–H groups in total. The Morgan fingerprint density at radius 3 is 2.63 bits per heavy atom. The van der Waals surface area contributed by atoms with E-state index in [1.165, 1.54) is 0 Å². The molecule has 0 amide bonds. The van der Waals surface area contributed by atoms with Gasteiger partial charge in [0, 0.05) is 0 Å². The average Bonchev–Trinajstić information content (AvgIpc) is 2.27. The molecule has 0 fully saturated rings. The first-order valence-corrected chi connectivity index (χ1v) is 6.17. The number of aromatic nitrogens is 2. The SMILES string of the molecule is CC(C)c1ccc2nc(CC(C)(F)F)c(=O)[nH]c2c1. The third-order valence-electron chi connectivity index (χ3n) is 2.93. The molecule has 0 saturated carbocycles. The van der Waals surface area contributed by atoms with Crippen LogP contribution in [0.5, 0.6) is 0 Å². The molecule has 0 radical (unpaired) electrons. The monoisotopic (exact) mass is 266 g/mol. The van der Waals surface area contributed by atoms with Crippen molar-refractivity contribution in [3.63, 3.8) is 0 Å². The summed E-state index contributed by atoms with van der Waals surface area (Å²) in [5, 5.41) is 0. The van der Waals surface area contributed by atoms with E-state index in [2.05, 4.69) is 9.97 Å². The first kappa shape index (κ1) is 13.6. The number of nitrogens with zero attached hydrogens (tertiary/aromatic N) is 1. The minimum absolute atomic E-state index is 0.128. The van der Waals surface area contributed by atoms with Gasteiger partial charge >= 0.3 is 0 Å². The zero-order valence-electron chi connectivity index (χ0n) is 11.1. The first-order valence-electron chi connectivity index (χ1n) is 6.17. The second kappa shape index (κ2) is 4.72. The molecule has 5 heteroatoms. The number of H-pyrrole nitrogens is 1. The van der Waals surface area contributed by atoms with E-state index in [1.54, 1.807) is 6.07 Å². The highest BCUT2D eigenvalue weighted by atomic mass is 19.3. The van der Waals surface area contributed by atoms with Gasteiger partial charge < -0.3 is 4.98 Å². The minimum Gasteiger partial charge on any atom is -0.319 e. The van der Waals surface area contributed by atoms with Gasteiger partial charge in [-0.2, -0.15) is 0 Å². The van der Waals surface area contributed by atoms with E-state index < -0.39 is 17.9 Å². The maximum atomic E-state index is 13.0. The van der Waals surface area contributed by atoms with Crippen molar-refractivity contribution in [2.45, 2.75) is 39.0 Å². The molecule has 0 aliphatic carbocycles. The number of benzene rings is 1. The van der Waals surface area contributed by atoms with Gasteiger partial charge in [0.2, 0.25) is 0 Å². The van der Waals surface area contributed by atoms with Crippen molar-refractivity contribution in [2.75, 3.05) is 0 Å². The van der Waals surface area contributed by atoms with Crippen LogP contribution >= 0.6 is 0 Å². The maximum absolute atomic E-state index is 13.0. The lowest BCUT2D eigenvalue weighted by molar-refractivity contribution is 0.0213. The molecular formula is C14H16F2N2O. The maximum Gasteiger partial charge on any atom is 0.270 e. The summed E-state index contributed by atoms with van der Waals surface area (Å²) in [5.74, 6) is -2.61. The molecule has 2 aromatic rings. The van der Waals surface area contributed by atoms with Gasteiger partial charge in [-0.1, -0.05) is 19.9 Å². The van der Waals surface area contributed by atoms with Crippen molar-refractivity contribution in [1.82, 2.24) is 9.97 Å². The molecular weight excluding hydrogens is 250 g/mol. The molecule has 19 heavy (non-hydrogen) atoms. The van der Waals surface area contributed by atoms with E-state index in [9.17, 15) is 13.6 Å². The minimum atomic E-state index is -2.94. The Balaban J connectivity index is 2.52. The van der Waals surface area contributed by atoms with Crippen LogP contribution in [0.25, 0.3) is 11.0 Å². The second-order valence-corrected chi connectivity index (χ2v) is 5.19. The van der Waals surface area contributed by atoms with Gasteiger partial charge in [0.1, 0.15) is 5.69 Å². The number of rotatable bonds is 3. The molecule has 0 bridgehead atoms. The molecule has 0 atom stereocenters. The van der Waals surface area contributed by atoms with Crippen molar-refractivity contribution in [2.24, 2.45) is 0 Å². The summed E-state index contributed by atoms with van der Waals surface area (Å²) in [6.07, 6.45) is -0.649. The van der Waals surface area contributed by atoms with E-state index in [4.69, 9.17) is 0 Å². The fourth-order valence-electron chi connectivity index (χ4n) is 1.91.